The van der Waals surface area contributed by atoms with Crippen LogP contribution in [0.25, 0.3) is 0 Å². The fourth-order valence-corrected chi connectivity index (χ4v) is 2.67. The SMILES string of the molecule is CCN(CCNC(=O)c1cc(C)cc(Br)c1O)C(C)C. The van der Waals surface area contributed by atoms with Gasteiger partial charge in [0.2, 0.25) is 0 Å². The molecule has 4 nitrogen and oxygen atoms in total. The van der Waals surface area contributed by atoms with Crippen LogP contribution in [0.3, 0.4) is 0 Å². The second-order valence-corrected chi connectivity index (χ2v) is 5.98. The average molecular weight is 343 g/mol. The maximum Gasteiger partial charge on any atom is 0.255 e. The minimum absolute atomic E-state index is 0.00990. The Morgan fingerprint density at radius 1 is 1.45 bits per heavy atom. The number of hydrogen-bond donors (Lipinski definition) is 2. The van der Waals surface area contributed by atoms with Crippen LogP contribution in [-0.2, 0) is 0 Å². The van der Waals surface area contributed by atoms with Crippen molar-refractivity contribution in [2.45, 2.75) is 33.7 Å². The van der Waals surface area contributed by atoms with Gasteiger partial charge in [-0.2, -0.15) is 0 Å². The second-order valence-electron chi connectivity index (χ2n) is 5.12. The Hall–Kier alpha value is -1.07. The molecule has 0 aliphatic rings. The van der Waals surface area contributed by atoms with Gasteiger partial charge < -0.3 is 10.4 Å². The van der Waals surface area contributed by atoms with Crippen molar-refractivity contribution >= 4 is 21.8 Å². The number of carbonyl (C=O) groups excluding carboxylic acids is 1. The van der Waals surface area contributed by atoms with Crippen molar-refractivity contribution in [1.29, 1.82) is 0 Å². The Morgan fingerprint density at radius 2 is 2.10 bits per heavy atom. The number of amides is 1. The predicted molar refractivity (Wildman–Crippen MR) is 85.3 cm³/mol. The number of aryl methyl sites for hydroxylation is 1. The summed E-state index contributed by atoms with van der Waals surface area (Å²) in [5, 5.41) is 12.8. The van der Waals surface area contributed by atoms with Gasteiger partial charge in [0.1, 0.15) is 5.75 Å². The Bertz CT molecular complexity index is 475. The minimum Gasteiger partial charge on any atom is -0.506 e. The van der Waals surface area contributed by atoms with Crippen molar-refractivity contribution in [2.24, 2.45) is 0 Å². The van der Waals surface area contributed by atoms with E-state index in [0.29, 0.717) is 22.6 Å². The van der Waals surface area contributed by atoms with Crippen molar-refractivity contribution in [2.75, 3.05) is 19.6 Å². The first-order valence-corrected chi connectivity index (χ1v) is 7.67. The maximum atomic E-state index is 12.1. The van der Waals surface area contributed by atoms with E-state index in [1.165, 1.54) is 0 Å². The van der Waals surface area contributed by atoms with E-state index < -0.39 is 0 Å². The maximum absolute atomic E-state index is 12.1. The molecule has 0 aliphatic carbocycles. The average Bonchev–Trinajstić information content (AvgIpc) is 2.38. The van der Waals surface area contributed by atoms with Gasteiger partial charge in [0.25, 0.3) is 5.91 Å². The molecule has 0 fully saturated rings. The van der Waals surface area contributed by atoms with Gasteiger partial charge in [-0.3, -0.25) is 9.69 Å². The molecule has 1 amide bonds. The smallest absolute Gasteiger partial charge is 0.255 e. The lowest BCUT2D eigenvalue weighted by atomic mass is 10.1. The number of phenolic OH excluding ortho intramolecular Hbond substituents is 1. The van der Waals surface area contributed by atoms with Gasteiger partial charge in [0, 0.05) is 19.1 Å². The van der Waals surface area contributed by atoms with Crippen molar-refractivity contribution in [3.63, 3.8) is 0 Å². The summed E-state index contributed by atoms with van der Waals surface area (Å²) in [6.45, 7) is 10.6. The summed E-state index contributed by atoms with van der Waals surface area (Å²) in [7, 11) is 0. The van der Waals surface area contributed by atoms with Crippen molar-refractivity contribution in [3.05, 3.63) is 27.7 Å². The molecule has 5 heteroatoms. The van der Waals surface area contributed by atoms with Gasteiger partial charge in [-0.1, -0.05) is 6.92 Å². The van der Waals surface area contributed by atoms with Crippen LogP contribution >= 0.6 is 15.9 Å². The Balaban J connectivity index is 2.64. The van der Waals surface area contributed by atoms with Crippen LogP contribution in [0.5, 0.6) is 5.75 Å². The molecule has 1 aromatic carbocycles. The number of nitrogens with zero attached hydrogens (tertiary/aromatic N) is 1. The third-order valence-corrected chi connectivity index (χ3v) is 3.88. The summed E-state index contributed by atoms with van der Waals surface area (Å²) < 4.78 is 0.542. The number of likely N-dealkylation sites (N-methyl/N-ethyl adjacent to an activating group) is 1. The van der Waals surface area contributed by atoms with Crippen molar-refractivity contribution < 1.29 is 9.90 Å². The van der Waals surface area contributed by atoms with Gasteiger partial charge in [0.05, 0.1) is 10.0 Å². The molecule has 0 unspecified atom stereocenters. The molecule has 0 atom stereocenters. The van der Waals surface area contributed by atoms with Crippen LogP contribution in [-0.4, -0.2) is 41.6 Å². The zero-order valence-electron chi connectivity index (χ0n) is 12.5. The quantitative estimate of drug-likeness (QED) is 0.835. The van der Waals surface area contributed by atoms with Gasteiger partial charge in [-0.05, 0) is 60.9 Å². The molecular formula is C15H23BrN2O2. The number of halogens is 1. The van der Waals surface area contributed by atoms with Crippen LogP contribution in [0.4, 0.5) is 0 Å². The highest BCUT2D eigenvalue weighted by atomic mass is 79.9. The van der Waals surface area contributed by atoms with Gasteiger partial charge >= 0.3 is 0 Å². The van der Waals surface area contributed by atoms with Crippen LogP contribution in [0.2, 0.25) is 0 Å². The van der Waals surface area contributed by atoms with E-state index in [2.05, 4.69) is 46.9 Å². The summed E-state index contributed by atoms with van der Waals surface area (Å²) in [5.74, 6) is -0.254. The Labute approximate surface area is 129 Å². The van der Waals surface area contributed by atoms with Crippen molar-refractivity contribution in [1.82, 2.24) is 10.2 Å². The first-order chi connectivity index (χ1) is 9.36. The largest absolute Gasteiger partial charge is 0.506 e. The monoisotopic (exact) mass is 342 g/mol. The zero-order valence-corrected chi connectivity index (χ0v) is 14.1. The van der Waals surface area contributed by atoms with E-state index in [9.17, 15) is 9.90 Å². The third kappa shape index (κ3) is 4.49. The highest BCUT2D eigenvalue weighted by Crippen LogP contribution is 2.29. The molecule has 0 aromatic heterocycles. The lowest BCUT2D eigenvalue weighted by molar-refractivity contribution is 0.0943. The highest BCUT2D eigenvalue weighted by molar-refractivity contribution is 9.10. The van der Waals surface area contributed by atoms with Crippen LogP contribution in [0, 0.1) is 6.92 Å². The first-order valence-electron chi connectivity index (χ1n) is 6.88. The predicted octanol–water partition coefficient (Wildman–Crippen LogP) is 2.92. The van der Waals surface area contributed by atoms with E-state index in [-0.39, 0.29) is 11.7 Å². The molecule has 0 radical (unpaired) electrons. The molecule has 0 spiro atoms. The summed E-state index contributed by atoms with van der Waals surface area (Å²) in [4.78, 5) is 14.4. The molecule has 112 valence electrons. The number of benzene rings is 1. The van der Waals surface area contributed by atoms with Gasteiger partial charge in [-0.25, -0.2) is 0 Å². The Kier molecular flexibility index (Phi) is 6.49. The minimum atomic E-state index is -0.244. The molecule has 0 saturated carbocycles. The number of phenols is 1. The number of hydrogen-bond acceptors (Lipinski definition) is 3. The second kappa shape index (κ2) is 7.64. The zero-order chi connectivity index (χ0) is 15.3. The third-order valence-electron chi connectivity index (χ3n) is 3.27. The standard InChI is InChI=1S/C15H23BrN2O2/c1-5-18(10(2)3)7-6-17-15(20)12-8-11(4)9-13(16)14(12)19/h8-10,19H,5-7H2,1-4H3,(H,17,20). The summed E-state index contributed by atoms with van der Waals surface area (Å²) in [5.41, 5.74) is 1.24. The van der Waals surface area contributed by atoms with Gasteiger partial charge in [-0.15, -0.1) is 0 Å². The summed E-state index contributed by atoms with van der Waals surface area (Å²) in [6.07, 6.45) is 0. The molecule has 2 N–H and O–H groups in total. The molecule has 20 heavy (non-hydrogen) atoms. The van der Waals surface area contributed by atoms with Gasteiger partial charge in [0.15, 0.2) is 0 Å². The molecule has 0 bridgehead atoms. The lowest BCUT2D eigenvalue weighted by Gasteiger charge is -2.24. The highest BCUT2D eigenvalue weighted by Gasteiger charge is 2.14. The van der Waals surface area contributed by atoms with Crippen LogP contribution in [0.1, 0.15) is 36.7 Å². The molecule has 0 heterocycles. The Morgan fingerprint density at radius 3 is 2.65 bits per heavy atom. The van der Waals surface area contributed by atoms with E-state index in [1.807, 2.05) is 6.92 Å². The van der Waals surface area contributed by atoms with Crippen LogP contribution in [0.15, 0.2) is 16.6 Å². The normalized spacial score (nSPS) is 11.2. The molecular weight excluding hydrogens is 320 g/mol. The molecule has 0 saturated heterocycles. The van der Waals surface area contributed by atoms with Crippen molar-refractivity contribution in [3.8, 4) is 5.75 Å². The molecule has 0 aliphatic heterocycles. The fourth-order valence-electron chi connectivity index (χ4n) is 2.10. The van der Waals surface area contributed by atoms with E-state index in [4.69, 9.17) is 0 Å². The first kappa shape index (κ1) is 17.0. The van der Waals surface area contributed by atoms with E-state index in [1.54, 1.807) is 12.1 Å². The van der Waals surface area contributed by atoms with E-state index in [0.717, 1.165) is 18.7 Å². The number of carbonyl (C=O) groups is 1. The molecule has 1 aromatic rings. The van der Waals surface area contributed by atoms with Crippen LogP contribution < -0.4 is 5.32 Å². The summed E-state index contributed by atoms with van der Waals surface area (Å²) >= 11 is 3.25. The summed E-state index contributed by atoms with van der Waals surface area (Å²) in [6, 6.07) is 3.93. The topological polar surface area (TPSA) is 52.6 Å². The lowest BCUT2D eigenvalue weighted by Crippen LogP contribution is -2.38. The van der Waals surface area contributed by atoms with E-state index >= 15 is 0 Å². The number of nitrogens with one attached hydrogen (secondary N) is 1. The molecule has 1 rings (SSSR count). The fraction of sp³-hybridized carbons (Fsp3) is 0.533. The number of aromatic hydroxyl groups is 1. The number of rotatable bonds is 6.